The molecule has 38 heavy (non-hydrogen) atoms. The molecule has 1 saturated heterocycles. The molecule has 4 rings (SSSR count). The number of nitriles is 1. The van der Waals surface area contributed by atoms with E-state index >= 15 is 0 Å². The first kappa shape index (κ1) is 27.5. The van der Waals surface area contributed by atoms with Crippen LogP contribution in [0.25, 0.3) is 0 Å². The fraction of sp³-hybridized carbons (Fsp3) is 0.286. The molecule has 2 aromatic rings. The lowest BCUT2D eigenvalue weighted by Gasteiger charge is -2.49. The zero-order chi connectivity index (χ0) is 27.4. The third-order valence-electron chi connectivity index (χ3n) is 5.37. The Kier molecular flexibility index (Phi) is 8.62. The standard InChI is InChI=1S/C21H18ClN7O6S3/c22-12-3-4-13(27-29(12)35)37-8-10-9-38-19-15(18(31)28(19)16(10)20(32)33)25-17(30)14(11-2-1-7-36-11)26-21(34)24-6-5-23/h1-4,7,14-15,19H,6,8-9H2,(H,25,30)(H,32,33)(H2,24,26,34)/t14?,15-,19?/m0/s1. The van der Waals surface area contributed by atoms with Crippen molar-refractivity contribution in [2.45, 2.75) is 22.5 Å². The average Bonchev–Trinajstić information content (AvgIpc) is 3.43. The summed E-state index contributed by atoms with van der Waals surface area (Å²) in [5.41, 5.74) is 0.285. The Morgan fingerprint density at radius 3 is 2.84 bits per heavy atom. The summed E-state index contributed by atoms with van der Waals surface area (Å²) in [4.78, 5) is 52.2. The molecule has 0 spiro atoms. The summed E-state index contributed by atoms with van der Waals surface area (Å²) < 4.78 is 0. The number of carboxylic acids is 1. The predicted molar refractivity (Wildman–Crippen MR) is 138 cm³/mol. The monoisotopic (exact) mass is 595 g/mol. The molecule has 4 amide bonds. The number of urea groups is 1. The van der Waals surface area contributed by atoms with Crippen LogP contribution in [-0.2, 0) is 14.4 Å². The number of aromatic nitrogens is 2. The van der Waals surface area contributed by atoms with E-state index in [1.165, 1.54) is 35.2 Å². The highest BCUT2D eigenvalue weighted by atomic mass is 35.5. The van der Waals surface area contributed by atoms with Crippen LogP contribution in [0.15, 0.2) is 45.9 Å². The van der Waals surface area contributed by atoms with Crippen molar-refractivity contribution in [3.8, 4) is 6.07 Å². The van der Waals surface area contributed by atoms with Gasteiger partial charge >= 0.3 is 17.2 Å². The van der Waals surface area contributed by atoms with Gasteiger partial charge in [-0.1, -0.05) is 17.8 Å². The van der Waals surface area contributed by atoms with E-state index in [9.17, 15) is 29.5 Å². The number of fused-ring (bicyclic) bond motifs is 1. The Balaban J connectivity index is 1.46. The number of carbonyl (C=O) groups excluding carboxylic acids is 3. The Labute approximate surface area is 232 Å². The highest BCUT2D eigenvalue weighted by Gasteiger charge is 2.54. The first-order valence-corrected chi connectivity index (χ1v) is 14.0. The van der Waals surface area contributed by atoms with E-state index in [1.54, 1.807) is 23.6 Å². The number of nitrogens with zero attached hydrogens (tertiary/aromatic N) is 4. The van der Waals surface area contributed by atoms with Crippen LogP contribution in [0.3, 0.4) is 0 Å². The molecule has 2 aromatic heterocycles. The topological polar surface area (TPSA) is 191 Å². The number of hydrogen-bond acceptors (Lipinski definition) is 10. The third-order valence-corrected chi connectivity index (χ3v) is 8.92. The summed E-state index contributed by atoms with van der Waals surface area (Å²) in [6.45, 7) is -0.255. The predicted octanol–water partition coefficient (Wildman–Crippen LogP) is 0.825. The number of nitrogens with one attached hydrogen (secondary N) is 3. The molecule has 0 saturated carbocycles. The maximum Gasteiger partial charge on any atom is 0.352 e. The Morgan fingerprint density at radius 2 is 2.18 bits per heavy atom. The third kappa shape index (κ3) is 5.80. The minimum atomic E-state index is -1.29. The summed E-state index contributed by atoms with van der Waals surface area (Å²) in [6, 6.07) is 5.15. The summed E-state index contributed by atoms with van der Waals surface area (Å²) in [6.07, 6.45) is 0. The zero-order valence-corrected chi connectivity index (χ0v) is 22.3. The molecule has 0 aliphatic carbocycles. The molecule has 4 heterocycles. The van der Waals surface area contributed by atoms with Crippen molar-refractivity contribution in [3.63, 3.8) is 0 Å². The highest BCUT2D eigenvalue weighted by molar-refractivity contribution is 8.01. The Morgan fingerprint density at radius 1 is 1.39 bits per heavy atom. The van der Waals surface area contributed by atoms with Crippen LogP contribution in [0.4, 0.5) is 4.79 Å². The summed E-state index contributed by atoms with van der Waals surface area (Å²) in [7, 11) is 0. The Hall–Kier alpha value is -3.52. The van der Waals surface area contributed by atoms with Crippen LogP contribution >= 0.6 is 46.5 Å². The van der Waals surface area contributed by atoms with E-state index in [1.807, 2.05) is 0 Å². The van der Waals surface area contributed by atoms with Gasteiger partial charge in [0.2, 0.25) is 5.91 Å². The van der Waals surface area contributed by atoms with Crippen molar-refractivity contribution in [2.75, 3.05) is 18.1 Å². The fourth-order valence-corrected chi connectivity index (χ4v) is 6.87. The number of rotatable bonds is 9. The zero-order valence-electron chi connectivity index (χ0n) is 19.1. The van der Waals surface area contributed by atoms with E-state index in [0.717, 1.165) is 16.7 Å². The molecule has 17 heteroatoms. The normalized spacial score (nSPS) is 19.1. The Bertz CT molecular complexity index is 1350. The van der Waals surface area contributed by atoms with Gasteiger partial charge in [-0.15, -0.1) is 23.1 Å². The van der Waals surface area contributed by atoms with E-state index in [0.29, 0.717) is 15.5 Å². The lowest BCUT2D eigenvalue weighted by Crippen LogP contribution is -2.71. The second-order valence-electron chi connectivity index (χ2n) is 7.74. The molecule has 198 valence electrons. The molecule has 1 fully saturated rings. The molecule has 0 radical (unpaired) electrons. The van der Waals surface area contributed by atoms with Crippen LogP contribution in [0, 0.1) is 16.5 Å². The van der Waals surface area contributed by atoms with E-state index in [-0.39, 0.29) is 33.7 Å². The molecular weight excluding hydrogens is 578 g/mol. The van der Waals surface area contributed by atoms with Gasteiger partial charge in [-0.2, -0.15) is 5.26 Å². The van der Waals surface area contributed by atoms with Gasteiger partial charge in [0.25, 0.3) is 5.91 Å². The molecule has 2 unspecified atom stereocenters. The molecule has 2 aliphatic heterocycles. The van der Waals surface area contributed by atoms with Crippen LogP contribution in [-0.4, -0.2) is 68.4 Å². The minimum Gasteiger partial charge on any atom is -0.593 e. The van der Waals surface area contributed by atoms with Crippen LogP contribution in [0.2, 0.25) is 5.15 Å². The molecule has 4 N–H and O–H groups in total. The first-order valence-electron chi connectivity index (χ1n) is 10.8. The highest BCUT2D eigenvalue weighted by Crippen LogP contribution is 2.41. The van der Waals surface area contributed by atoms with Crippen LogP contribution in [0.1, 0.15) is 10.9 Å². The van der Waals surface area contributed by atoms with Gasteiger partial charge in [0, 0.05) is 27.5 Å². The maximum atomic E-state index is 13.1. The minimum absolute atomic E-state index is 0.102. The quantitative estimate of drug-likeness (QED) is 0.106. The van der Waals surface area contributed by atoms with E-state index < -0.39 is 41.3 Å². The molecular formula is C21H18ClN7O6S3. The van der Waals surface area contributed by atoms with Crippen molar-refractivity contribution in [1.82, 2.24) is 25.9 Å². The van der Waals surface area contributed by atoms with Crippen molar-refractivity contribution in [3.05, 3.63) is 56.2 Å². The second kappa shape index (κ2) is 11.9. The number of thioether (sulfide) groups is 2. The van der Waals surface area contributed by atoms with Gasteiger partial charge in [0.05, 0.1) is 6.07 Å². The van der Waals surface area contributed by atoms with Crippen molar-refractivity contribution < 1.29 is 29.1 Å². The maximum absolute atomic E-state index is 13.1. The van der Waals surface area contributed by atoms with E-state index in [4.69, 9.17) is 16.9 Å². The SMILES string of the molecule is N#CCNC(=O)NC(C(=O)N[C@H]1C(=O)N2C(C(=O)O)=C(CSc3ccc(Cl)[n+]([O-])n3)CSC12)c1cccs1. The van der Waals surface area contributed by atoms with Crippen molar-refractivity contribution in [1.29, 1.82) is 5.26 Å². The summed E-state index contributed by atoms with van der Waals surface area (Å²) in [5.74, 6) is -2.11. The van der Waals surface area contributed by atoms with Gasteiger partial charge in [0.1, 0.15) is 29.7 Å². The first-order chi connectivity index (χ1) is 18.2. The number of thiophene rings is 1. The van der Waals surface area contributed by atoms with Crippen LogP contribution in [0.5, 0.6) is 0 Å². The molecule has 3 atom stereocenters. The average molecular weight is 596 g/mol. The number of carboxylic acid groups (broad SMARTS) is 1. The van der Waals surface area contributed by atoms with Crippen LogP contribution < -0.4 is 20.8 Å². The second-order valence-corrected chi connectivity index (χ2v) is 11.2. The molecule has 0 bridgehead atoms. The van der Waals surface area contributed by atoms with Crippen molar-refractivity contribution in [2.24, 2.45) is 0 Å². The van der Waals surface area contributed by atoms with E-state index in [2.05, 4.69) is 21.0 Å². The van der Waals surface area contributed by atoms with Gasteiger partial charge in [0.15, 0.2) is 5.03 Å². The molecule has 13 nitrogen and oxygen atoms in total. The fourth-order valence-electron chi connectivity index (χ4n) is 3.67. The number of aliphatic carboxylic acids is 1. The smallest absolute Gasteiger partial charge is 0.352 e. The lowest BCUT2D eigenvalue weighted by atomic mass is 10.0. The van der Waals surface area contributed by atoms with Gasteiger partial charge in [-0.05, 0) is 39.5 Å². The van der Waals surface area contributed by atoms with Gasteiger partial charge in [-0.25, -0.2) is 9.59 Å². The number of halogens is 1. The number of amides is 4. The number of carbonyl (C=O) groups is 4. The summed E-state index contributed by atoms with van der Waals surface area (Å²) in [5, 5.41) is 42.6. The van der Waals surface area contributed by atoms with Gasteiger partial charge < -0.3 is 26.3 Å². The molecule has 2 aliphatic rings. The molecule has 0 aromatic carbocycles. The van der Waals surface area contributed by atoms with Gasteiger partial charge in [-0.3, -0.25) is 14.5 Å². The largest absolute Gasteiger partial charge is 0.593 e. The van der Waals surface area contributed by atoms with Crippen molar-refractivity contribution >= 4 is 70.3 Å². The number of hydrogen-bond donors (Lipinski definition) is 4. The number of β-lactam (4-membered cyclic amide) rings is 1. The lowest BCUT2D eigenvalue weighted by molar-refractivity contribution is -0.670. The summed E-state index contributed by atoms with van der Waals surface area (Å²) >= 11 is 9.31.